The summed E-state index contributed by atoms with van der Waals surface area (Å²) in [5.74, 6) is -0.348. The van der Waals surface area contributed by atoms with Crippen LogP contribution in [0.1, 0.15) is 28.8 Å². The molecule has 0 aliphatic heterocycles. The first-order chi connectivity index (χ1) is 10.4. The molecule has 0 aliphatic carbocycles. The molecule has 22 heavy (non-hydrogen) atoms. The minimum atomic E-state index is -3.34. The van der Waals surface area contributed by atoms with Gasteiger partial charge in [0.15, 0.2) is 0 Å². The summed E-state index contributed by atoms with van der Waals surface area (Å²) in [4.78, 5) is 11.3. The van der Waals surface area contributed by atoms with Crippen molar-refractivity contribution in [3.63, 3.8) is 0 Å². The molecule has 0 heterocycles. The van der Waals surface area contributed by atoms with Crippen LogP contribution in [0.3, 0.4) is 0 Å². The Hall–Kier alpha value is -1.44. The van der Waals surface area contributed by atoms with E-state index >= 15 is 0 Å². The first kappa shape index (κ1) is 18.6. The quantitative estimate of drug-likeness (QED) is 0.370. The minimum Gasteiger partial charge on any atom is -0.465 e. The Kier molecular flexibility index (Phi) is 8.08. The molecular formula is C15H22O6S. The maximum atomic E-state index is 11.3. The lowest BCUT2D eigenvalue weighted by Gasteiger charge is -2.05. The first-order valence-electron chi connectivity index (χ1n) is 7.02. The normalized spacial score (nSPS) is 11.4. The van der Waals surface area contributed by atoms with Crippen LogP contribution < -0.4 is 0 Å². The van der Waals surface area contributed by atoms with Gasteiger partial charge < -0.3 is 9.47 Å². The van der Waals surface area contributed by atoms with Gasteiger partial charge in [0.25, 0.3) is 10.1 Å². The van der Waals surface area contributed by atoms with E-state index in [2.05, 4.69) is 8.92 Å². The van der Waals surface area contributed by atoms with Crippen molar-refractivity contribution < 1.29 is 26.9 Å². The second kappa shape index (κ2) is 9.55. The summed E-state index contributed by atoms with van der Waals surface area (Å²) in [6, 6.07) is 7.19. The van der Waals surface area contributed by atoms with E-state index < -0.39 is 10.1 Å². The summed E-state index contributed by atoms with van der Waals surface area (Å²) in [6.07, 6.45) is 3.17. The molecule has 7 heteroatoms. The molecule has 0 bridgehead atoms. The van der Waals surface area contributed by atoms with Crippen LogP contribution in [0.5, 0.6) is 0 Å². The summed E-state index contributed by atoms with van der Waals surface area (Å²) in [6.45, 7) is 1.33. The van der Waals surface area contributed by atoms with E-state index in [1.165, 1.54) is 7.11 Å². The first-order valence-corrected chi connectivity index (χ1v) is 8.83. The molecule has 1 rings (SSSR count). The molecule has 0 radical (unpaired) electrons. The van der Waals surface area contributed by atoms with Crippen molar-refractivity contribution in [1.82, 2.24) is 0 Å². The Morgan fingerprint density at radius 1 is 1.05 bits per heavy atom. The molecule has 0 saturated carbocycles. The number of hydrogen-bond acceptors (Lipinski definition) is 6. The van der Waals surface area contributed by atoms with Gasteiger partial charge in [0.1, 0.15) is 0 Å². The standard InChI is InChI=1S/C15H22O6S/c1-19-15(16)14-7-5-13(6-8-14)9-12-20-10-3-4-11-21-22(2,17)18/h5-8H,3-4,9-12H2,1-2H3. The molecule has 1 aromatic rings. The highest BCUT2D eigenvalue weighted by Crippen LogP contribution is 2.06. The van der Waals surface area contributed by atoms with Gasteiger partial charge in [0.05, 0.1) is 32.1 Å². The zero-order chi connectivity index (χ0) is 16.4. The number of carbonyl (C=O) groups is 1. The highest BCUT2D eigenvalue weighted by molar-refractivity contribution is 7.85. The number of carbonyl (C=O) groups excluding carboxylic acids is 1. The summed E-state index contributed by atoms with van der Waals surface area (Å²) in [5, 5.41) is 0. The number of ether oxygens (including phenoxy) is 2. The molecule has 6 nitrogen and oxygen atoms in total. The lowest BCUT2D eigenvalue weighted by atomic mass is 10.1. The number of benzene rings is 1. The highest BCUT2D eigenvalue weighted by atomic mass is 32.2. The zero-order valence-corrected chi connectivity index (χ0v) is 13.7. The van der Waals surface area contributed by atoms with Crippen LogP contribution in [0, 0.1) is 0 Å². The third-order valence-electron chi connectivity index (χ3n) is 2.89. The molecule has 0 N–H and O–H groups in total. The third-order valence-corrected chi connectivity index (χ3v) is 3.49. The Labute approximate surface area is 131 Å². The monoisotopic (exact) mass is 330 g/mol. The van der Waals surface area contributed by atoms with Crippen molar-refractivity contribution in [2.24, 2.45) is 0 Å². The number of unbranched alkanes of at least 4 members (excludes halogenated alkanes) is 1. The lowest BCUT2D eigenvalue weighted by Crippen LogP contribution is -2.06. The van der Waals surface area contributed by atoms with Crippen molar-refractivity contribution >= 4 is 16.1 Å². The predicted molar refractivity (Wildman–Crippen MR) is 82.3 cm³/mol. The second-order valence-corrected chi connectivity index (χ2v) is 6.43. The predicted octanol–water partition coefficient (Wildman–Crippen LogP) is 1.79. The smallest absolute Gasteiger partial charge is 0.337 e. The topological polar surface area (TPSA) is 78.9 Å². The largest absolute Gasteiger partial charge is 0.465 e. The summed E-state index contributed by atoms with van der Waals surface area (Å²) in [7, 11) is -1.99. The van der Waals surface area contributed by atoms with Gasteiger partial charge in [-0.15, -0.1) is 0 Å². The molecule has 0 unspecified atom stereocenters. The Bertz CT molecular complexity index is 550. The summed E-state index contributed by atoms with van der Waals surface area (Å²) >= 11 is 0. The summed E-state index contributed by atoms with van der Waals surface area (Å²) in [5.41, 5.74) is 1.60. The van der Waals surface area contributed by atoms with Crippen molar-refractivity contribution in [3.8, 4) is 0 Å². The van der Waals surface area contributed by atoms with E-state index in [0.29, 0.717) is 25.2 Å². The fourth-order valence-corrected chi connectivity index (χ4v) is 2.15. The van der Waals surface area contributed by atoms with Gasteiger partial charge in [-0.25, -0.2) is 4.79 Å². The maximum Gasteiger partial charge on any atom is 0.337 e. The molecule has 0 fully saturated rings. The Balaban J connectivity index is 2.11. The Morgan fingerprint density at radius 3 is 2.27 bits per heavy atom. The van der Waals surface area contributed by atoms with Gasteiger partial charge in [0.2, 0.25) is 0 Å². The molecule has 124 valence electrons. The fourth-order valence-electron chi connectivity index (χ4n) is 1.73. The average molecular weight is 330 g/mol. The maximum absolute atomic E-state index is 11.3. The zero-order valence-electron chi connectivity index (χ0n) is 12.9. The third kappa shape index (κ3) is 8.11. The average Bonchev–Trinajstić information content (AvgIpc) is 2.48. The van der Waals surface area contributed by atoms with E-state index in [9.17, 15) is 13.2 Å². The van der Waals surface area contributed by atoms with E-state index in [0.717, 1.165) is 24.7 Å². The van der Waals surface area contributed by atoms with Crippen molar-refractivity contribution in [2.75, 3.05) is 33.2 Å². The highest BCUT2D eigenvalue weighted by Gasteiger charge is 2.04. The van der Waals surface area contributed by atoms with Crippen molar-refractivity contribution in [1.29, 1.82) is 0 Å². The molecule has 0 aliphatic rings. The lowest BCUT2D eigenvalue weighted by molar-refractivity contribution is 0.0600. The molecule has 0 atom stereocenters. The SMILES string of the molecule is COC(=O)c1ccc(CCOCCCCOS(C)(=O)=O)cc1. The van der Waals surface area contributed by atoms with Crippen LogP contribution in [-0.4, -0.2) is 47.6 Å². The van der Waals surface area contributed by atoms with Crippen LogP contribution in [-0.2, 0) is 30.2 Å². The molecule has 0 aromatic heterocycles. The molecule has 0 spiro atoms. The van der Waals surface area contributed by atoms with E-state index in [1.807, 2.05) is 12.1 Å². The number of hydrogen-bond donors (Lipinski definition) is 0. The Morgan fingerprint density at radius 2 is 1.68 bits per heavy atom. The molecular weight excluding hydrogens is 308 g/mol. The van der Waals surface area contributed by atoms with E-state index in [1.54, 1.807) is 12.1 Å². The molecule has 0 saturated heterocycles. The van der Waals surface area contributed by atoms with Crippen LogP contribution in [0.2, 0.25) is 0 Å². The van der Waals surface area contributed by atoms with Gasteiger partial charge in [-0.2, -0.15) is 8.42 Å². The van der Waals surface area contributed by atoms with Crippen LogP contribution in [0.15, 0.2) is 24.3 Å². The van der Waals surface area contributed by atoms with Crippen LogP contribution in [0.25, 0.3) is 0 Å². The molecule has 1 aromatic carbocycles. The number of methoxy groups -OCH3 is 1. The molecule has 0 amide bonds. The number of rotatable bonds is 10. The second-order valence-electron chi connectivity index (χ2n) is 4.78. The van der Waals surface area contributed by atoms with Gasteiger partial charge in [-0.3, -0.25) is 4.18 Å². The van der Waals surface area contributed by atoms with Gasteiger partial charge >= 0.3 is 5.97 Å². The van der Waals surface area contributed by atoms with Crippen LogP contribution >= 0.6 is 0 Å². The van der Waals surface area contributed by atoms with E-state index in [4.69, 9.17) is 4.74 Å². The van der Waals surface area contributed by atoms with Crippen molar-refractivity contribution in [2.45, 2.75) is 19.3 Å². The van der Waals surface area contributed by atoms with Gasteiger partial charge in [-0.1, -0.05) is 12.1 Å². The van der Waals surface area contributed by atoms with Gasteiger partial charge in [0, 0.05) is 6.61 Å². The minimum absolute atomic E-state index is 0.192. The summed E-state index contributed by atoms with van der Waals surface area (Å²) < 4.78 is 36.2. The van der Waals surface area contributed by atoms with Crippen molar-refractivity contribution in [3.05, 3.63) is 35.4 Å². The van der Waals surface area contributed by atoms with Gasteiger partial charge in [-0.05, 0) is 37.0 Å². The fraction of sp³-hybridized carbons (Fsp3) is 0.533. The van der Waals surface area contributed by atoms with Crippen LogP contribution in [0.4, 0.5) is 0 Å². The van der Waals surface area contributed by atoms with E-state index in [-0.39, 0.29) is 12.6 Å². The number of esters is 1.